The molecule has 0 radical (unpaired) electrons. The highest BCUT2D eigenvalue weighted by Gasteiger charge is 2.23. The van der Waals surface area contributed by atoms with Gasteiger partial charge in [0.05, 0.1) is 5.03 Å². The summed E-state index contributed by atoms with van der Waals surface area (Å²) in [5.41, 5.74) is 4.39. The third kappa shape index (κ3) is 4.20. The molecule has 0 aromatic heterocycles. The van der Waals surface area contributed by atoms with Gasteiger partial charge < -0.3 is 16.0 Å². The van der Waals surface area contributed by atoms with Crippen LogP contribution in [-0.4, -0.2) is 12.5 Å². The molecule has 0 saturated heterocycles. The monoisotopic (exact) mass is 342 g/mol. The van der Waals surface area contributed by atoms with Crippen LogP contribution in [0.25, 0.3) is 0 Å². The van der Waals surface area contributed by atoms with Crippen LogP contribution in [0.1, 0.15) is 25.3 Å². The Labute approximate surface area is 148 Å². The van der Waals surface area contributed by atoms with E-state index in [1.54, 1.807) is 6.21 Å². The second-order valence-electron chi connectivity index (χ2n) is 6.32. The summed E-state index contributed by atoms with van der Waals surface area (Å²) < 4.78 is 0. The number of para-hydroxylation sites is 1. The van der Waals surface area contributed by atoms with Crippen molar-refractivity contribution in [2.45, 2.75) is 33.0 Å². The van der Waals surface area contributed by atoms with E-state index >= 15 is 0 Å². The predicted molar refractivity (Wildman–Crippen MR) is 102 cm³/mol. The number of nitrogens with zero attached hydrogens (tertiary/aromatic N) is 1. The summed E-state index contributed by atoms with van der Waals surface area (Å²) in [7, 11) is 0. The maximum absolute atomic E-state index is 6.25. The fourth-order valence-corrected chi connectivity index (χ4v) is 2.78. The Morgan fingerprint density at radius 2 is 2.12 bits per heavy atom. The van der Waals surface area contributed by atoms with Crippen LogP contribution in [0, 0.1) is 12.8 Å². The average Bonchev–Trinajstić information content (AvgIpc) is 3.37. The topological polar surface area (TPSA) is 48.5 Å². The smallest absolute Gasteiger partial charge is 0.195 e. The average molecular weight is 343 g/mol. The van der Waals surface area contributed by atoms with Gasteiger partial charge in [-0.3, -0.25) is 0 Å². The minimum atomic E-state index is -0.280. The fraction of sp³-hybridized carbons (Fsp3) is 0.316. The number of halogens is 1. The van der Waals surface area contributed by atoms with E-state index in [-0.39, 0.29) is 6.29 Å². The molecule has 4 nitrogen and oxygen atoms in total. The molecule has 1 aliphatic heterocycles. The lowest BCUT2D eigenvalue weighted by Gasteiger charge is -2.25. The van der Waals surface area contributed by atoms with Crippen LogP contribution in [0.5, 0.6) is 0 Å². The van der Waals surface area contributed by atoms with E-state index in [0.717, 1.165) is 22.9 Å². The van der Waals surface area contributed by atoms with Crippen molar-refractivity contribution in [3.63, 3.8) is 0 Å². The SMILES string of the molecule is C=C(/C=C(\C)C1CC1)NC1=C(Cl)C=NC(Nc2ccccc2C)N1. The maximum Gasteiger partial charge on any atom is 0.195 e. The van der Waals surface area contributed by atoms with E-state index < -0.39 is 0 Å². The van der Waals surface area contributed by atoms with Crippen LogP contribution in [-0.2, 0) is 0 Å². The Hall–Kier alpha value is -2.20. The maximum atomic E-state index is 6.25. The summed E-state index contributed by atoms with van der Waals surface area (Å²) in [6, 6.07) is 8.10. The lowest BCUT2D eigenvalue weighted by molar-refractivity contribution is 0.618. The van der Waals surface area contributed by atoms with E-state index in [4.69, 9.17) is 11.6 Å². The molecule has 1 atom stereocenters. The van der Waals surface area contributed by atoms with Crippen LogP contribution in [0.2, 0.25) is 0 Å². The first-order chi connectivity index (χ1) is 11.5. The van der Waals surface area contributed by atoms with E-state index in [0.29, 0.717) is 10.9 Å². The molecular weight excluding hydrogens is 320 g/mol. The summed E-state index contributed by atoms with van der Waals surface area (Å²) in [4.78, 5) is 4.38. The minimum Gasteiger partial charge on any atom is -0.347 e. The Balaban J connectivity index is 1.63. The first-order valence-electron chi connectivity index (χ1n) is 8.18. The molecule has 1 heterocycles. The molecule has 1 unspecified atom stereocenters. The summed E-state index contributed by atoms with van der Waals surface area (Å²) >= 11 is 6.25. The highest BCUT2D eigenvalue weighted by atomic mass is 35.5. The van der Waals surface area contributed by atoms with E-state index in [1.165, 1.54) is 18.4 Å². The lowest BCUT2D eigenvalue weighted by atomic mass is 10.1. The van der Waals surface area contributed by atoms with Crippen molar-refractivity contribution in [3.8, 4) is 0 Å². The van der Waals surface area contributed by atoms with E-state index in [9.17, 15) is 0 Å². The van der Waals surface area contributed by atoms with Crippen molar-refractivity contribution in [3.05, 3.63) is 64.6 Å². The Morgan fingerprint density at radius 1 is 1.38 bits per heavy atom. The number of rotatable bonds is 6. The van der Waals surface area contributed by atoms with Crippen molar-refractivity contribution >= 4 is 23.5 Å². The number of hydrogen-bond donors (Lipinski definition) is 3. The Bertz CT molecular complexity index is 729. The van der Waals surface area contributed by atoms with Crippen LogP contribution in [0.3, 0.4) is 0 Å². The molecule has 1 aliphatic carbocycles. The number of benzene rings is 1. The number of nitrogens with one attached hydrogen (secondary N) is 3. The zero-order valence-electron chi connectivity index (χ0n) is 14.1. The van der Waals surface area contributed by atoms with Crippen molar-refractivity contribution in [1.82, 2.24) is 10.6 Å². The largest absolute Gasteiger partial charge is 0.347 e. The summed E-state index contributed by atoms with van der Waals surface area (Å²) in [6.07, 6.45) is 6.03. The molecule has 5 heteroatoms. The van der Waals surface area contributed by atoms with Crippen molar-refractivity contribution in [2.24, 2.45) is 10.9 Å². The quantitative estimate of drug-likeness (QED) is 0.678. The lowest BCUT2D eigenvalue weighted by Crippen LogP contribution is -2.41. The van der Waals surface area contributed by atoms with E-state index in [1.807, 2.05) is 18.2 Å². The molecule has 0 spiro atoms. The molecule has 1 aromatic rings. The van der Waals surface area contributed by atoms with Gasteiger partial charge in [-0.2, -0.15) is 0 Å². The predicted octanol–water partition coefficient (Wildman–Crippen LogP) is 4.23. The molecule has 1 aromatic carbocycles. The van der Waals surface area contributed by atoms with Crippen LogP contribution < -0.4 is 16.0 Å². The van der Waals surface area contributed by atoms with Crippen molar-refractivity contribution in [1.29, 1.82) is 0 Å². The van der Waals surface area contributed by atoms with Gasteiger partial charge in [0, 0.05) is 17.6 Å². The molecule has 0 bridgehead atoms. The Kier molecular flexibility index (Phi) is 4.95. The summed E-state index contributed by atoms with van der Waals surface area (Å²) in [6.45, 7) is 8.28. The summed E-state index contributed by atoms with van der Waals surface area (Å²) in [5, 5.41) is 10.4. The van der Waals surface area contributed by atoms with Crippen LogP contribution in [0.4, 0.5) is 5.69 Å². The third-order valence-electron chi connectivity index (χ3n) is 4.20. The molecule has 3 N–H and O–H groups in total. The Morgan fingerprint density at radius 3 is 2.83 bits per heavy atom. The molecule has 0 amide bonds. The van der Waals surface area contributed by atoms with Gasteiger partial charge in [-0.25, -0.2) is 4.99 Å². The van der Waals surface area contributed by atoms with Gasteiger partial charge in [-0.1, -0.05) is 42.0 Å². The molecular formula is C19H23ClN4. The van der Waals surface area contributed by atoms with Crippen LogP contribution in [0.15, 0.2) is 64.0 Å². The van der Waals surface area contributed by atoms with Crippen molar-refractivity contribution in [2.75, 3.05) is 5.32 Å². The van der Waals surface area contributed by atoms with Gasteiger partial charge in [0.25, 0.3) is 0 Å². The fourth-order valence-electron chi connectivity index (χ4n) is 2.63. The van der Waals surface area contributed by atoms with Gasteiger partial charge >= 0.3 is 0 Å². The van der Waals surface area contributed by atoms with Gasteiger partial charge in [0.2, 0.25) is 0 Å². The number of allylic oxidation sites excluding steroid dienone is 3. The number of anilines is 1. The first-order valence-corrected chi connectivity index (χ1v) is 8.56. The van der Waals surface area contributed by atoms with Gasteiger partial charge in [0.1, 0.15) is 5.82 Å². The van der Waals surface area contributed by atoms with Gasteiger partial charge in [-0.05, 0) is 50.3 Å². The number of aliphatic imine (C=N–C) groups is 1. The second kappa shape index (κ2) is 7.14. The molecule has 24 heavy (non-hydrogen) atoms. The third-order valence-corrected chi connectivity index (χ3v) is 4.49. The standard InChI is InChI=1S/C19H23ClN4/c1-12-6-4-5-7-17(12)23-19-21-11-16(20)18(24-19)22-14(3)10-13(2)15-8-9-15/h4-7,10-11,15,19,22-24H,3,8-9H2,1-2H3/b13-10+. The first kappa shape index (κ1) is 16.7. The molecule has 126 valence electrons. The second-order valence-corrected chi connectivity index (χ2v) is 6.73. The minimum absolute atomic E-state index is 0.280. The zero-order valence-corrected chi connectivity index (χ0v) is 14.8. The number of hydrogen-bond acceptors (Lipinski definition) is 4. The van der Waals surface area contributed by atoms with Crippen molar-refractivity contribution < 1.29 is 0 Å². The molecule has 1 saturated carbocycles. The van der Waals surface area contributed by atoms with Crippen LogP contribution >= 0.6 is 11.6 Å². The van der Waals surface area contributed by atoms with E-state index in [2.05, 4.69) is 53.5 Å². The normalized spacial score (nSPS) is 20.6. The van der Waals surface area contributed by atoms with Gasteiger partial charge in [-0.15, -0.1) is 0 Å². The van der Waals surface area contributed by atoms with Gasteiger partial charge in [0.15, 0.2) is 6.29 Å². The highest BCUT2D eigenvalue weighted by molar-refractivity contribution is 6.39. The molecule has 2 aliphatic rings. The molecule has 3 rings (SSSR count). The zero-order chi connectivity index (χ0) is 17.1. The highest BCUT2D eigenvalue weighted by Crippen LogP contribution is 2.36. The number of aryl methyl sites for hydroxylation is 1. The molecule has 1 fully saturated rings. The summed E-state index contributed by atoms with van der Waals surface area (Å²) in [5.74, 6) is 1.44.